The lowest BCUT2D eigenvalue weighted by Crippen LogP contribution is -2.00. The van der Waals surface area contributed by atoms with Crippen molar-refractivity contribution < 1.29 is 4.42 Å². The van der Waals surface area contributed by atoms with Gasteiger partial charge >= 0.3 is 0 Å². The molecule has 0 spiro atoms. The Labute approximate surface area is 278 Å². The number of rotatable bonds is 4. The number of hydrogen-bond donors (Lipinski definition) is 0. The van der Waals surface area contributed by atoms with E-state index in [-0.39, 0.29) is 0 Å². The Morgan fingerprint density at radius 2 is 1.08 bits per heavy atom. The van der Waals surface area contributed by atoms with E-state index in [2.05, 4.69) is 66.7 Å². The second kappa shape index (κ2) is 11.0. The number of furan rings is 1. The normalized spacial score (nSPS) is 11.3. The molecule has 0 aliphatic carbocycles. The molecule has 9 aromatic rings. The van der Waals surface area contributed by atoms with Gasteiger partial charge in [-0.15, -0.1) is 11.3 Å². The van der Waals surface area contributed by atoms with Crippen molar-refractivity contribution in [3.05, 3.63) is 139 Å². The molecule has 0 aliphatic heterocycles. The first kappa shape index (κ1) is 27.6. The van der Waals surface area contributed by atoms with Gasteiger partial charge in [0.2, 0.25) is 0 Å². The van der Waals surface area contributed by atoms with Crippen LogP contribution in [-0.2, 0) is 0 Å². The lowest BCUT2D eigenvalue weighted by Gasteiger charge is -2.09. The van der Waals surface area contributed by atoms with Crippen molar-refractivity contribution in [2.45, 2.75) is 0 Å². The van der Waals surface area contributed by atoms with Crippen LogP contribution >= 0.6 is 11.3 Å². The molecule has 222 valence electrons. The molecule has 6 nitrogen and oxygen atoms in total. The number of thiophene rings is 1. The standard InChI is InChI=1S/C41H21N5OS/c42-22-24-11-15-26(16-12-24)39-44-40(27-17-13-25(23-43)14-18-27)46-41(45-39)32-8-3-7-31-37-29(6-4-9-34(37)47-38(31)32)28-19-20-36-33(21-28)30-5-1-2-10-35(30)48-36/h1-21H. The number of nitrogens with zero attached hydrogens (tertiary/aromatic N) is 5. The third-order valence-electron chi connectivity index (χ3n) is 8.63. The third-order valence-corrected chi connectivity index (χ3v) is 9.78. The lowest BCUT2D eigenvalue weighted by atomic mass is 9.97. The lowest BCUT2D eigenvalue weighted by molar-refractivity contribution is 0.669. The predicted molar refractivity (Wildman–Crippen MR) is 191 cm³/mol. The number of aromatic nitrogens is 3. The summed E-state index contributed by atoms with van der Waals surface area (Å²) in [5.74, 6) is 1.39. The monoisotopic (exact) mass is 631 g/mol. The molecule has 0 amide bonds. The SMILES string of the molecule is N#Cc1ccc(-c2nc(-c3ccc(C#N)cc3)nc(-c3cccc4c3oc3cccc(-c5ccc6sc7ccccc7c6c5)c34)n2)cc1. The largest absolute Gasteiger partial charge is 0.455 e. The molecule has 0 radical (unpaired) electrons. The highest BCUT2D eigenvalue weighted by molar-refractivity contribution is 7.25. The van der Waals surface area contributed by atoms with Crippen molar-refractivity contribution in [1.29, 1.82) is 10.5 Å². The Bertz CT molecular complexity index is 2720. The van der Waals surface area contributed by atoms with Crippen LogP contribution in [0.4, 0.5) is 0 Å². The van der Waals surface area contributed by atoms with Crippen LogP contribution in [0.3, 0.4) is 0 Å². The predicted octanol–water partition coefficient (Wildman–Crippen LogP) is 10.6. The molecule has 0 saturated heterocycles. The summed E-state index contributed by atoms with van der Waals surface area (Å²) in [6.07, 6.45) is 0. The molecule has 0 saturated carbocycles. The Morgan fingerprint density at radius 1 is 0.500 bits per heavy atom. The number of benzene rings is 6. The maximum absolute atomic E-state index is 9.33. The molecule has 7 heteroatoms. The minimum atomic E-state index is 0.459. The van der Waals surface area contributed by atoms with Gasteiger partial charge in [-0.05, 0) is 90.0 Å². The molecule has 6 aromatic carbocycles. The fraction of sp³-hybridized carbons (Fsp3) is 0. The topological polar surface area (TPSA) is 99.4 Å². The summed E-state index contributed by atoms with van der Waals surface area (Å²) in [6, 6.07) is 46.1. The van der Waals surface area contributed by atoms with Gasteiger partial charge in [0, 0.05) is 42.1 Å². The average molecular weight is 632 g/mol. The van der Waals surface area contributed by atoms with E-state index in [1.54, 1.807) is 24.3 Å². The van der Waals surface area contributed by atoms with Crippen molar-refractivity contribution >= 4 is 53.4 Å². The summed E-state index contributed by atoms with van der Waals surface area (Å²) in [4.78, 5) is 14.7. The van der Waals surface area contributed by atoms with E-state index >= 15 is 0 Å². The van der Waals surface area contributed by atoms with Gasteiger partial charge < -0.3 is 4.42 Å². The number of fused-ring (bicyclic) bond motifs is 6. The Hall–Kier alpha value is -6.67. The van der Waals surface area contributed by atoms with E-state index in [9.17, 15) is 10.5 Å². The van der Waals surface area contributed by atoms with E-state index in [4.69, 9.17) is 19.4 Å². The Balaban J connectivity index is 1.25. The van der Waals surface area contributed by atoms with E-state index in [1.165, 1.54) is 20.2 Å². The highest BCUT2D eigenvalue weighted by Crippen LogP contribution is 2.42. The summed E-state index contributed by atoms with van der Waals surface area (Å²) in [6.45, 7) is 0. The maximum Gasteiger partial charge on any atom is 0.167 e. The summed E-state index contributed by atoms with van der Waals surface area (Å²) in [5.41, 5.74) is 7.02. The van der Waals surface area contributed by atoms with E-state index in [0.29, 0.717) is 34.2 Å². The van der Waals surface area contributed by atoms with Crippen LogP contribution < -0.4 is 0 Å². The molecule has 48 heavy (non-hydrogen) atoms. The zero-order valence-electron chi connectivity index (χ0n) is 25.2. The van der Waals surface area contributed by atoms with Gasteiger partial charge in [0.25, 0.3) is 0 Å². The molecule has 3 heterocycles. The van der Waals surface area contributed by atoms with Crippen molar-refractivity contribution in [3.63, 3.8) is 0 Å². The highest BCUT2D eigenvalue weighted by atomic mass is 32.1. The molecular formula is C41H21N5OS. The zero-order valence-corrected chi connectivity index (χ0v) is 26.0. The van der Waals surface area contributed by atoms with Crippen LogP contribution in [-0.4, -0.2) is 15.0 Å². The van der Waals surface area contributed by atoms with Crippen LogP contribution in [0.1, 0.15) is 11.1 Å². The third kappa shape index (κ3) is 4.50. The van der Waals surface area contributed by atoms with Crippen LogP contribution in [0.2, 0.25) is 0 Å². The molecule has 0 unspecified atom stereocenters. The van der Waals surface area contributed by atoms with Gasteiger partial charge in [-0.25, -0.2) is 15.0 Å². The van der Waals surface area contributed by atoms with Crippen LogP contribution in [0, 0.1) is 22.7 Å². The van der Waals surface area contributed by atoms with Crippen molar-refractivity contribution in [3.8, 4) is 57.4 Å². The van der Waals surface area contributed by atoms with Gasteiger partial charge in [-0.1, -0.05) is 48.5 Å². The Kier molecular flexibility index (Phi) is 6.33. The molecule has 0 N–H and O–H groups in total. The van der Waals surface area contributed by atoms with Crippen molar-refractivity contribution in [2.24, 2.45) is 0 Å². The van der Waals surface area contributed by atoms with Crippen LogP contribution in [0.15, 0.2) is 132 Å². The van der Waals surface area contributed by atoms with E-state index < -0.39 is 0 Å². The fourth-order valence-corrected chi connectivity index (χ4v) is 7.39. The second-order valence-corrected chi connectivity index (χ2v) is 12.5. The number of para-hydroxylation sites is 1. The average Bonchev–Trinajstić information content (AvgIpc) is 3.73. The van der Waals surface area contributed by atoms with Gasteiger partial charge in [0.1, 0.15) is 11.2 Å². The first-order valence-corrected chi connectivity index (χ1v) is 16.1. The minimum absolute atomic E-state index is 0.459. The van der Waals surface area contributed by atoms with Crippen LogP contribution in [0.5, 0.6) is 0 Å². The van der Waals surface area contributed by atoms with E-state index in [0.717, 1.165) is 44.2 Å². The zero-order chi connectivity index (χ0) is 32.2. The smallest absolute Gasteiger partial charge is 0.167 e. The summed E-state index contributed by atoms with van der Waals surface area (Å²) >= 11 is 1.81. The molecule has 9 rings (SSSR count). The van der Waals surface area contributed by atoms with E-state index in [1.807, 2.05) is 59.9 Å². The maximum atomic E-state index is 9.33. The number of hydrogen-bond acceptors (Lipinski definition) is 7. The van der Waals surface area contributed by atoms with Crippen molar-refractivity contribution in [2.75, 3.05) is 0 Å². The molecule has 0 aliphatic rings. The summed E-state index contributed by atoms with van der Waals surface area (Å²) in [7, 11) is 0. The molecular weight excluding hydrogens is 611 g/mol. The van der Waals surface area contributed by atoms with Gasteiger partial charge in [0.15, 0.2) is 17.5 Å². The Morgan fingerprint density at radius 3 is 1.79 bits per heavy atom. The molecule has 0 atom stereocenters. The molecule has 0 fully saturated rings. The fourth-order valence-electron chi connectivity index (χ4n) is 6.30. The highest BCUT2D eigenvalue weighted by Gasteiger charge is 2.20. The number of nitriles is 2. The van der Waals surface area contributed by atoms with Crippen molar-refractivity contribution in [1.82, 2.24) is 15.0 Å². The minimum Gasteiger partial charge on any atom is -0.455 e. The second-order valence-electron chi connectivity index (χ2n) is 11.5. The van der Waals surface area contributed by atoms with Gasteiger partial charge in [-0.3, -0.25) is 0 Å². The quantitative estimate of drug-likeness (QED) is 0.192. The van der Waals surface area contributed by atoms with Gasteiger partial charge in [-0.2, -0.15) is 10.5 Å². The first-order chi connectivity index (χ1) is 23.7. The van der Waals surface area contributed by atoms with Crippen LogP contribution in [0.25, 0.3) is 87.4 Å². The van der Waals surface area contributed by atoms with Gasteiger partial charge in [0.05, 0.1) is 28.8 Å². The first-order valence-electron chi connectivity index (χ1n) is 15.3. The summed E-state index contributed by atoms with van der Waals surface area (Å²) in [5, 5.41) is 23.2. The summed E-state index contributed by atoms with van der Waals surface area (Å²) < 4.78 is 9.16. The molecule has 0 bridgehead atoms. The molecule has 3 aromatic heterocycles.